The first-order valence-electron chi connectivity index (χ1n) is 12.0. The quantitative estimate of drug-likeness (QED) is 0.227. The highest BCUT2D eigenvalue weighted by Gasteiger charge is 2.33. The SMILES string of the molecule is CNC(=O)c1ccc(OC)c(NCC#Cc2nc3c(N[C@@H]4CCN(C)C[C@@H]4F)cccn3c2SC(F)(F)F)n1. The smallest absolute Gasteiger partial charge is 0.447 e. The summed E-state index contributed by atoms with van der Waals surface area (Å²) in [5.74, 6) is 5.69. The maximum absolute atomic E-state index is 14.6. The summed E-state index contributed by atoms with van der Waals surface area (Å²) in [6.45, 7) is 0.939. The van der Waals surface area contributed by atoms with Gasteiger partial charge < -0.3 is 25.6 Å². The molecule has 0 unspecified atom stereocenters. The fourth-order valence-electron chi connectivity index (χ4n) is 4.11. The number of imidazole rings is 1. The average molecular weight is 566 g/mol. The molecule has 3 N–H and O–H groups in total. The fraction of sp³-hybridized carbons (Fsp3) is 0.400. The second-order valence-electron chi connectivity index (χ2n) is 8.73. The van der Waals surface area contributed by atoms with Crippen LogP contribution >= 0.6 is 11.8 Å². The number of hydrogen-bond donors (Lipinski definition) is 3. The van der Waals surface area contributed by atoms with Gasteiger partial charge in [0.15, 0.2) is 17.2 Å². The first kappa shape index (κ1) is 28.3. The minimum Gasteiger partial charge on any atom is -0.493 e. The zero-order chi connectivity index (χ0) is 28.2. The molecular formula is C25H27F4N7O2S. The van der Waals surface area contributed by atoms with Crippen molar-refractivity contribution in [3.63, 3.8) is 0 Å². The molecule has 3 aromatic rings. The van der Waals surface area contributed by atoms with Gasteiger partial charge in [-0.05, 0) is 43.7 Å². The van der Waals surface area contributed by atoms with Gasteiger partial charge in [-0.1, -0.05) is 5.92 Å². The molecule has 0 bridgehead atoms. The van der Waals surface area contributed by atoms with Gasteiger partial charge in [0, 0.05) is 38.1 Å². The highest BCUT2D eigenvalue weighted by molar-refractivity contribution is 8.00. The molecule has 208 valence electrons. The van der Waals surface area contributed by atoms with Crippen LogP contribution in [-0.2, 0) is 0 Å². The van der Waals surface area contributed by atoms with E-state index in [-0.39, 0.29) is 52.7 Å². The van der Waals surface area contributed by atoms with E-state index < -0.39 is 23.6 Å². The van der Waals surface area contributed by atoms with Gasteiger partial charge in [-0.2, -0.15) is 13.2 Å². The Kier molecular flexibility index (Phi) is 8.71. The molecule has 39 heavy (non-hydrogen) atoms. The van der Waals surface area contributed by atoms with E-state index in [1.807, 2.05) is 11.9 Å². The van der Waals surface area contributed by atoms with Crippen molar-refractivity contribution in [2.45, 2.75) is 29.2 Å². The molecule has 14 heteroatoms. The molecule has 4 heterocycles. The van der Waals surface area contributed by atoms with E-state index in [0.29, 0.717) is 24.4 Å². The second-order valence-corrected chi connectivity index (χ2v) is 9.78. The molecule has 3 aromatic heterocycles. The lowest BCUT2D eigenvalue weighted by Gasteiger charge is -2.33. The molecule has 4 rings (SSSR count). The van der Waals surface area contributed by atoms with Gasteiger partial charge in [0.05, 0.1) is 25.4 Å². The second kappa shape index (κ2) is 12.0. The van der Waals surface area contributed by atoms with E-state index in [0.717, 1.165) is 0 Å². The molecule has 1 aliphatic heterocycles. The monoisotopic (exact) mass is 565 g/mol. The lowest BCUT2D eigenvalue weighted by atomic mass is 10.0. The predicted molar refractivity (Wildman–Crippen MR) is 141 cm³/mol. The Morgan fingerprint density at radius 1 is 1.28 bits per heavy atom. The number of halogens is 4. The lowest BCUT2D eigenvalue weighted by Crippen LogP contribution is -2.46. The number of pyridine rings is 2. The van der Waals surface area contributed by atoms with Crippen LogP contribution in [-0.4, -0.2) is 83.7 Å². The number of fused-ring (bicyclic) bond motifs is 1. The number of carbonyl (C=O) groups is 1. The Morgan fingerprint density at radius 3 is 2.77 bits per heavy atom. The summed E-state index contributed by atoms with van der Waals surface area (Å²) in [6.07, 6.45) is 0.868. The maximum Gasteiger partial charge on any atom is 0.447 e. The van der Waals surface area contributed by atoms with Gasteiger partial charge in [0.2, 0.25) is 0 Å². The van der Waals surface area contributed by atoms with E-state index in [1.165, 1.54) is 30.8 Å². The third kappa shape index (κ3) is 6.85. The zero-order valence-corrected chi connectivity index (χ0v) is 22.2. The third-order valence-corrected chi connectivity index (χ3v) is 6.81. The van der Waals surface area contributed by atoms with Crippen LogP contribution in [0.5, 0.6) is 5.75 Å². The van der Waals surface area contributed by atoms with Crippen molar-refractivity contribution in [1.82, 2.24) is 24.6 Å². The molecule has 0 aromatic carbocycles. The number of aromatic nitrogens is 3. The third-order valence-electron chi connectivity index (χ3n) is 5.99. The van der Waals surface area contributed by atoms with E-state index >= 15 is 0 Å². The Bertz CT molecular complexity index is 1400. The molecule has 0 saturated carbocycles. The Hall–Kier alpha value is -3.70. The number of amides is 1. The van der Waals surface area contributed by atoms with E-state index in [9.17, 15) is 22.4 Å². The van der Waals surface area contributed by atoms with Crippen molar-refractivity contribution in [2.75, 3.05) is 51.5 Å². The van der Waals surface area contributed by atoms with Gasteiger partial charge in [-0.3, -0.25) is 9.20 Å². The Morgan fingerprint density at radius 2 is 2.08 bits per heavy atom. The first-order valence-corrected chi connectivity index (χ1v) is 12.8. The van der Waals surface area contributed by atoms with Crippen LogP contribution in [0.2, 0.25) is 0 Å². The minimum atomic E-state index is -4.58. The molecule has 1 aliphatic rings. The maximum atomic E-state index is 14.6. The van der Waals surface area contributed by atoms with Crippen LogP contribution in [0.25, 0.3) is 5.65 Å². The van der Waals surface area contributed by atoms with Crippen molar-refractivity contribution in [3.05, 3.63) is 41.9 Å². The van der Waals surface area contributed by atoms with Crippen LogP contribution in [0.4, 0.5) is 29.1 Å². The number of thioether (sulfide) groups is 1. The number of piperidine rings is 1. The van der Waals surface area contributed by atoms with Crippen LogP contribution in [0.3, 0.4) is 0 Å². The van der Waals surface area contributed by atoms with Crippen molar-refractivity contribution >= 4 is 34.8 Å². The molecular weight excluding hydrogens is 538 g/mol. The van der Waals surface area contributed by atoms with Gasteiger partial charge >= 0.3 is 5.51 Å². The summed E-state index contributed by atoms with van der Waals surface area (Å²) in [4.78, 5) is 22.4. The summed E-state index contributed by atoms with van der Waals surface area (Å²) in [7, 11) is 4.75. The summed E-state index contributed by atoms with van der Waals surface area (Å²) < 4.78 is 61.5. The number of nitrogens with one attached hydrogen (secondary N) is 3. The number of likely N-dealkylation sites (tertiary alicyclic amines) is 1. The van der Waals surface area contributed by atoms with E-state index in [4.69, 9.17) is 4.74 Å². The number of ether oxygens (including phenoxy) is 1. The fourth-order valence-corrected chi connectivity index (χ4v) is 4.77. The largest absolute Gasteiger partial charge is 0.493 e. The molecule has 0 aliphatic carbocycles. The number of hydrogen-bond acceptors (Lipinski definition) is 8. The number of carbonyl (C=O) groups excluding carboxylic acids is 1. The van der Waals surface area contributed by atoms with Crippen molar-refractivity contribution in [3.8, 4) is 17.6 Å². The summed E-state index contributed by atoms with van der Waals surface area (Å²) >= 11 is -0.320. The van der Waals surface area contributed by atoms with Crippen molar-refractivity contribution in [1.29, 1.82) is 0 Å². The number of methoxy groups -OCH3 is 1. The van der Waals surface area contributed by atoms with Gasteiger partial charge in [-0.15, -0.1) is 0 Å². The Balaban J connectivity index is 1.61. The Labute approximate surface area is 226 Å². The highest BCUT2D eigenvalue weighted by atomic mass is 32.2. The van der Waals surface area contributed by atoms with Gasteiger partial charge in [0.1, 0.15) is 22.6 Å². The highest BCUT2D eigenvalue weighted by Crippen LogP contribution is 2.39. The van der Waals surface area contributed by atoms with Crippen LogP contribution in [0, 0.1) is 11.8 Å². The van der Waals surface area contributed by atoms with E-state index in [1.54, 1.807) is 18.2 Å². The predicted octanol–water partition coefficient (Wildman–Crippen LogP) is 3.63. The van der Waals surface area contributed by atoms with E-state index in [2.05, 4.69) is 37.8 Å². The van der Waals surface area contributed by atoms with Gasteiger partial charge in [-0.25, -0.2) is 14.4 Å². The molecule has 9 nitrogen and oxygen atoms in total. The van der Waals surface area contributed by atoms with Crippen molar-refractivity contribution < 1.29 is 27.1 Å². The number of nitrogens with zero attached hydrogens (tertiary/aromatic N) is 4. The molecule has 0 spiro atoms. The summed E-state index contributed by atoms with van der Waals surface area (Å²) in [6, 6.07) is 5.80. The lowest BCUT2D eigenvalue weighted by molar-refractivity contribution is -0.0330. The topological polar surface area (TPSA) is 95.8 Å². The number of rotatable bonds is 7. The van der Waals surface area contributed by atoms with Crippen molar-refractivity contribution in [2.24, 2.45) is 0 Å². The minimum absolute atomic E-state index is 0.0191. The summed E-state index contributed by atoms with van der Waals surface area (Å²) in [5.41, 5.74) is -3.87. The average Bonchev–Trinajstić information content (AvgIpc) is 3.24. The van der Waals surface area contributed by atoms with Crippen LogP contribution < -0.4 is 20.7 Å². The summed E-state index contributed by atoms with van der Waals surface area (Å²) in [5, 5.41) is 8.32. The van der Waals surface area contributed by atoms with Gasteiger partial charge in [0.25, 0.3) is 5.91 Å². The first-order chi connectivity index (χ1) is 18.6. The molecule has 2 atom stereocenters. The standard InChI is InChI=1S/C25H27F4N7O2S/c1-30-23(37)18-8-9-20(38-3)21(33-18)31-11-4-6-19-24(39-25(27,28)29)36-12-5-7-17(22(36)34-19)32-16-10-13-35(2)14-15(16)26/h5,7-9,12,15-16,32H,10-11,13-14H2,1-3H3,(H,30,37)(H,31,33)/t15-,16+/m0/s1. The normalized spacial score (nSPS) is 17.8. The number of anilines is 2. The molecule has 1 amide bonds. The molecule has 1 fully saturated rings. The van der Waals surface area contributed by atoms with Crippen LogP contribution in [0.15, 0.2) is 35.5 Å². The molecule has 1 saturated heterocycles. The zero-order valence-electron chi connectivity index (χ0n) is 21.4. The molecule has 0 radical (unpaired) electrons. The number of alkyl halides is 4. The van der Waals surface area contributed by atoms with Crippen LogP contribution in [0.1, 0.15) is 22.6 Å².